The summed E-state index contributed by atoms with van der Waals surface area (Å²) in [6, 6.07) is 5.06. The molecule has 2 atom stereocenters. The fourth-order valence-electron chi connectivity index (χ4n) is 2.13. The van der Waals surface area contributed by atoms with Crippen LogP contribution in [0.1, 0.15) is 12.0 Å². The van der Waals surface area contributed by atoms with Crippen LogP contribution in [0.15, 0.2) is 30.4 Å². The van der Waals surface area contributed by atoms with Gasteiger partial charge < -0.3 is 10.4 Å². The molecule has 0 bridgehead atoms. The smallest absolute Gasteiger partial charge is 0.224 e. The second kappa shape index (κ2) is 6.42. The summed E-state index contributed by atoms with van der Waals surface area (Å²) in [6.07, 6.45) is 4.79. The molecule has 0 heterocycles. The van der Waals surface area contributed by atoms with Crippen molar-refractivity contribution in [1.29, 1.82) is 0 Å². The molecule has 0 saturated heterocycles. The van der Waals surface area contributed by atoms with Crippen LogP contribution in [-0.2, 0) is 11.2 Å². The first-order valence-corrected chi connectivity index (χ1v) is 6.86. The number of hydrogen-bond donors (Lipinski definition) is 2. The molecule has 0 aliphatic heterocycles. The van der Waals surface area contributed by atoms with Gasteiger partial charge in [0.25, 0.3) is 0 Å². The Morgan fingerprint density at radius 1 is 1.37 bits per heavy atom. The highest BCUT2D eigenvalue weighted by molar-refractivity contribution is 6.33. The second-order valence-electron chi connectivity index (χ2n) is 4.65. The number of rotatable bonds is 4. The maximum absolute atomic E-state index is 11.9. The van der Waals surface area contributed by atoms with Gasteiger partial charge in [0.05, 0.1) is 6.42 Å². The molecule has 102 valence electrons. The lowest BCUT2D eigenvalue weighted by Gasteiger charge is -2.13. The summed E-state index contributed by atoms with van der Waals surface area (Å²) >= 11 is 11.9. The van der Waals surface area contributed by atoms with Crippen LogP contribution >= 0.6 is 23.2 Å². The molecule has 5 heteroatoms. The minimum Gasteiger partial charge on any atom is -0.396 e. The highest BCUT2D eigenvalue weighted by Crippen LogP contribution is 2.21. The first-order valence-electron chi connectivity index (χ1n) is 6.11. The third kappa shape index (κ3) is 3.96. The van der Waals surface area contributed by atoms with Crippen molar-refractivity contribution in [3.8, 4) is 0 Å². The number of aliphatic hydroxyl groups is 1. The third-order valence-corrected chi connectivity index (χ3v) is 3.72. The Bertz CT molecular complexity index is 502. The molecule has 0 fully saturated rings. The van der Waals surface area contributed by atoms with E-state index in [-0.39, 0.29) is 30.9 Å². The van der Waals surface area contributed by atoms with Crippen LogP contribution in [0.3, 0.4) is 0 Å². The largest absolute Gasteiger partial charge is 0.396 e. The molecule has 1 aromatic carbocycles. The number of hydrogen-bond acceptors (Lipinski definition) is 2. The van der Waals surface area contributed by atoms with E-state index in [0.717, 1.165) is 6.42 Å². The molecule has 3 nitrogen and oxygen atoms in total. The number of halogens is 2. The lowest BCUT2D eigenvalue weighted by Crippen LogP contribution is -2.34. The van der Waals surface area contributed by atoms with E-state index in [9.17, 15) is 4.79 Å². The predicted octanol–water partition coefficient (Wildman–Crippen LogP) is 2.59. The average Bonchev–Trinajstić information content (AvgIpc) is 2.81. The van der Waals surface area contributed by atoms with Crippen LogP contribution in [0, 0.1) is 5.92 Å². The van der Waals surface area contributed by atoms with Crippen molar-refractivity contribution in [2.24, 2.45) is 5.92 Å². The number of aliphatic hydroxyl groups excluding tert-OH is 1. The predicted molar refractivity (Wildman–Crippen MR) is 76.4 cm³/mol. The molecular formula is C14H15Cl2NO2. The molecule has 0 radical (unpaired) electrons. The average molecular weight is 300 g/mol. The van der Waals surface area contributed by atoms with Gasteiger partial charge in [0.2, 0.25) is 5.91 Å². The summed E-state index contributed by atoms with van der Waals surface area (Å²) in [4.78, 5) is 11.9. The second-order valence-corrected chi connectivity index (χ2v) is 5.49. The van der Waals surface area contributed by atoms with Gasteiger partial charge in [-0.15, -0.1) is 0 Å². The van der Waals surface area contributed by atoms with E-state index in [2.05, 4.69) is 5.32 Å². The molecule has 1 amide bonds. The lowest BCUT2D eigenvalue weighted by molar-refractivity contribution is -0.120. The van der Waals surface area contributed by atoms with Gasteiger partial charge in [-0.1, -0.05) is 35.4 Å². The number of nitrogens with one attached hydrogen (secondary N) is 1. The Morgan fingerprint density at radius 2 is 2.16 bits per heavy atom. The fourth-order valence-corrected chi connectivity index (χ4v) is 2.51. The molecule has 1 aromatic rings. The zero-order chi connectivity index (χ0) is 13.8. The van der Waals surface area contributed by atoms with E-state index in [1.807, 2.05) is 12.2 Å². The summed E-state index contributed by atoms with van der Waals surface area (Å²) < 4.78 is 0. The zero-order valence-electron chi connectivity index (χ0n) is 10.3. The van der Waals surface area contributed by atoms with Crippen LogP contribution < -0.4 is 5.32 Å². The van der Waals surface area contributed by atoms with E-state index < -0.39 is 0 Å². The van der Waals surface area contributed by atoms with Crippen LogP contribution in [0.4, 0.5) is 0 Å². The van der Waals surface area contributed by atoms with Crippen LogP contribution in [0.5, 0.6) is 0 Å². The van der Waals surface area contributed by atoms with Gasteiger partial charge in [-0.25, -0.2) is 0 Å². The Labute approximate surface area is 122 Å². The van der Waals surface area contributed by atoms with Gasteiger partial charge in [0, 0.05) is 28.6 Å². The lowest BCUT2D eigenvalue weighted by atomic mass is 10.1. The first kappa shape index (κ1) is 14.4. The van der Waals surface area contributed by atoms with Gasteiger partial charge in [-0.2, -0.15) is 0 Å². The first-order chi connectivity index (χ1) is 9.08. The quantitative estimate of drug-likeness (QED) is 0.840. The van der Waals surface area contributed by atoms with E-state index >= 15 is 0 Å². The van der Waals surface area contributed by atoms with Crippen molar-refractivity contribution in [2.75, 3.05) is 6.61 Å². The van der Waals surface area contributed by atoms with Crippen molar-refractivity contribution in [3.63, 3.8) is 0 Å². The fraction of sp³-hybridized carbons (Fsp3) is 0.357. The van der Waals surface area contributed by atoms with Crippen LogP contribution in [0.25, 0.3) is 0 Å². The normalized spacial score (nSPS) is 21.6. The van der Waals surface area contributed by atoms with E-state index in [4.69, 9.17) is 28.3 Å². The summed E-state index contributed by atoms with van der Waals surface area (Å²) in [5.74, 6) is 0.0393. The molecular weight excluding hydrogens is 285 g/mol. The van der Waals surface area contributed by atoms with E-state index in [1.165, 1.54) is 0 Å². The molecule has 2 rings (SSSR count). The summed E-state index contributed by atoms with van der Waals surface area (Å²) in [5, 5.41) is 13.0. The van der Waals surface area contributed by atoms with Gasteiger partial charge in [0.15, 0.2) is 0 Å². The minimum atomic E-state index is -0.0996. The summed E-state index contributed by atoms with van der Waals surface area (Å²) in [7, 11) is 0. The third-order valence-electron chi connectivity index (χ3n) is 3.11. The van der Waals surface area contributed by atoms with Crippen molar-refractivity contribution >= 4 is 29.1 Å². The molecule has 1 aliphatic rings. The Hall–Kier alpha value is -1.03. The number of carbonyl (C=O) groups is 1. The molecule has 2 N–H and O–H groups in total. The number of benzene rings is 1. The number of carbonyl (C=O) groups excluding carboxylic acids is 1. The van der Waals surface area contributed by atoms with Crippen LogP contribution in [-0.4, -0.2) is 23.7 Å². The van der Waals surface area contributed by atoms with Crippen molar-refractivity contribution in [2.45, 2.75) is 18.9 Å². The monoisotopic (exact) mass is 299 g/mol. The summed E-state index contributed by atoms with van der Waals surface area (Å²) in [6.45, 7) is 0.114. The molecule has 1 aliphatic carbocycles. The van der Waals surface area contributed by atoms with E-state index in [0.29, 0.717) is 15.6 Å². The van der Waals surface area contributed by atoms with Gasteiger partial charge in [-0.05, 0) is 30.2 Å². The van der Waals surface area contributed by atoms with Gasteiger partial charge in [0.1, 0.15) is 0 Å². The Morgan fingerprint density at radius 3 is 2.84 bits per heavy atom. The molecule has 19 heavy (non-hydrogen) atoms. The summed E-state index contributed by atoms with van der Waals surface area (Å²) in [5.41, 5.74) is 0.715. The Balaban J connectivity index is 1.91. The van der Waals surface area contributed by atoms with Crippen molar-refractivity contribution in [1.82, 2.24) is 5.32 Å². The molecule has 0 saturated carbocycles. The van der Waals surface area contributed by atoms with Crippen molar-refractivity contribution in [3.05, 3.63) is 46.0 Å². The highest BCUT2D eigenvalue weighted by atomic mass is 35.5. The highest BCUT2D eigenvalue weighted by Gasteiger charge is 2.20. The van der Waals surface area contributed by atoms with E-state index in [1.54, 1.807) is 18.2 Å². The molecule has 0 unspecified atom stereocenters. The SMILES string of the molecule is O=C(Cc1cc(Cl)ccc1Cl)N[C@@H]1C=C[C@H](CO)C1. The van der Waals surface area contributed by atoms with Crippen molar-refractivity contribution < 1.29 is 9.90 Å². The standard InChI is InChI=1S/C14H15Cl2NO2/c15-11-2-4-13(16)10(6-11)7-14(19)17-12-3-1-9(5-12)8-18/h1-4,6,9,12,18H,5,7-8H2,(H,17,19)/t9-,12+/m0/s1. The molecule has 0 aromatic heterocycles. The minimum absolute atomic E-state index is 0.0115. The topological polar surface area (TPSA) is 49.3 Å². The van der Waals surface area contributed by atoms with Crippen LogP contribution in [0.2, 0.25) is 10.0 Å². The van der Waals surface area contributed by atoms with Gasteiger partial charge in [-0.3, -0.25) is 4.79 Å². The maximum atomic E-state index is 11.9. The Kier molecular flexibility index (Phi) is 4.86. The number of amides is 1. The maximum Gasteiger partial charge on any atom is 0.224 e. The van der Waals surface area contributed by atoms with Gasteiger partial charge >= 0.3 is 0 Å². The zero-order valence-corrected chi connectivity index (χ0v) is 11.8. The molecule has 0 spiro atoms.